The van der Waals surface area contributed by atoms with Gasteiger partial charge in [0.05, 0.1) is 0 Å². The highest BCUT2D eigenvalue weighted by Crippen LogP contribution is 2.22. The summed E-state index contributed by atoms with van der Waals surface area (Å²) in [4.78, 5) is 11.8. The van der Waals surface area contributed by atoms with Crippen molar-refractivity contribution in [2.24, 2.45) is 0 Å². The van der Waals surface area contributed by atoms with Crippen LogP contribution in [0.2, 0.25) is 0 Å². The van der Waals surface area contributed by atoms with E-state index in [2.05, 4.69) is 22.6 Å². The van der Waals surface area contributed by atoms with Crippen molar-refractivity contribution >= 4 is 33.6 Å². The molecule has 94 valence electrons. The lowest BCUT2D eigenvalue weighted by Crippen LogP contribution is -2.02. The molecule has 0 amide bonds. The standard InChI is InChI=1S/C15H9IO3/c16-11-5-7-12(8-6-11)18-14-9-10-3-1-2-4-13(10)19-15(14)17/h1-9H. The molecular weight excluding hydrogens is 355 g/mol. The van der Waals surface area contributed by atoms with Crippen LogP contribution in [0.1, 0.15) is 0 Å². The smallest absolute Gasteiger partial charge is 0.379 e. The lowest BCUT2D eigenvalue weighted by atomic mass is 10.2. The lowest BCUT2D eigenvalue weighted by molar-refractivity contribution is 0.437. The molecule has 0 aliphatic carbocycles. The highest BCUT2D eigenvalue weighted by molar-refractivity contribution is 14.1. The first kappa shape index (κ1) is 12.2. The zero-order valence-electron chi connectivity index (χ0n) is 9.80. The van der Waals surface area contributed by atoms with Crippen LogP contribution in [0.4, 0.5) is 0 Å². The van der Waals surface area contributed by atoms with Gasteiger partial charge >= 0.3 is 5.63 Å². The maximum Gasteiger partial charge on any atom is 0.379 e. The van der Waals surface area contributed by atoms with Gasteiger partial charge in [-0.3, -0.25) is 0 Å². The molecule has 19 heavy (non-hydrogen) atoms. The molecule has 0 unspecified atom stereocenters. The Kier molecular flexibility index (Phi) is 3.25. The third kappa shape index (κ3) is 2.63. The minimum atomic E-state index is -0.475. The zero-order chi connectivity index (χ0) is 13.2. The lowest BCUT2D eigenvalue weighted by Gasteiger charge is -2.05. The summed E-state index contributed by atoms with van der Waals surface area (Å²) in [6.07, 6.45) is 0. The summed E-state index contributed by atoms with van der Waals surface area (Å²) < 4.78 is 11.9. The highest BCUT2D eigenvalue weighted by atomic mass is 127. The Morgan fingerprint density at radius 1 is 1.00 bits per heavy atom. The molecule has 2 aromatic carbocycles. The third-order valence-electron chi connectivity index (χ3n) is 2.65. The van der Waals surface area contributed by atoms with E-state index in [0.29, 0.717) is 11.3 Å². The van der Waals surface area contributed by atoms with Crippen LogP contribution < -0.4 is 10.4 Å². The predicted octanol–water partition coefficient (Wildman–Crippen LogP) is 4.19. The molecule has 0 saturated heterocycles. The van der Waals surface area contributed by atoms with Crippen molar-refractivity contribution < 1.29 is 9.15 Å². The Balaban J connectivity index is 2.03. The second-order valence-corrected chi connectivity index (χ2v) is 5.24. The van der Waals surface area contributed by atoms with Crippen LogP contribution in [0.3, 0.4) is 0 Å². The van der Waals surface area contributed by atoms with Crippen LogP contribution >= 0.6 is 22.6 Å². The summed E-state index contributed by atoms with van der Waals surface area (Å²) in [6.45, 7) is 0. The first-order valence-corrected chi connectivity index (χ1v) is 6.76. The minimum absolute atomic E-state index is 0.194. The maximum absolute atomic E-state index is 11.8. The van der Waals surface area contributed by atoms with Gasteiger partial charge < -0.3 is 9.15 Å². The van der Waals surface area contributed by atoms with Crippen LogP contribution in [0.5, 0.6) is 11.5 Å². The number of hydrogen-bond acceptors (Lipinski definition) is 3. The number of para-hydroxylation sites is 1. The van der Waals surface area contributed by atoms with Gasteiger partial charge in [-0.05, 0) is 59.0 Å². The van der Waals surface area contributed by atoms with Crippen molar-refractivity contribution in [2.45, 2.75) is 0 Å². The summed E-state index contributed by atoms with van der Waals surface area (Å²) in [7, 11) is 0. The summed E-state index contributed by atoms with van der Waals surface area (Å²) in [6, 6.07) is 16.5. The average molecular weight is 364 g/mol. The molecule has 3 aromatic rings. The molecule has 0 bridgehead atoms. The van der Waals surface area contributed by atoms with Gasteiger partial charge in [0.2, 0.25) is 5.75 Å². The first-order valence-electron chi connectivity index (χ1n) is 5.69. The van der Waals surface area contributed by atoms with Crippen molar-refractivity contribution in [3.05, 3.63) is 68.6 Å². The summed E-state index contributed by atoms with van der Waals surface area (Å²) in [5, 5.41) is 0.836. The second-order valence-electron chi connectivity index (χ2n) is 3.99. The van der Waals surface area contributed by atoms with E-state index in [4.69, 9.17) is 9.15 Å². The van der Waals surface area contributed by atoms with Crippen LogP contribution in [0, 0.1) is 3.57 Å². The maximum atomic E-state index is 11.8. The number of halogens is 1. The van der Waals surface area contributed by atoms with Gasteiger partial charge in [0.1, 0.15) is 11.3 Å². The van der Waals surface area contributed by atoms with E-state index in [1.54, 1.807) is 12.1 Å². The van der Waals surface area contributed by atoms with Crippen molar-refractivity contribution in [3.8, 4) is 11.5 Å². The Labute approximate surface area is 123 Å². The number of rotatable bonds is 2. The molecule has 4 heteroatoms. The van der Waals surface area contributed by atoms with Crippen molar-refractivity contribution in [2.75, 3.05) is 0 Å². The van der Waals surface area contributed by atoms with Crippen LogP contribution in [-0.2, 0) is 0 Å². The monoisotopic (exact) mass is 364 g/mol. The van der Waals surface area contributed by atoms with E-state index in [1.165, 1.54) is 0 Å². The molecule has 1 heterocycles. The van der Waals surface area contributed by atoms with Gasteiger partial charge in [-0.1, -0.05) is 18.2 Å². The molecule has 0 aliphatic heterocycles. The molecule has 3 nitrogen and oxygen atoms in total. The molecular formula is C15H9IO3. The average Bonchev–Trinajstić information content (AvgIpc) is 2.42. The van der Waals surface area contributed by atoms with Gasteiger partial charge in [-0.15, -0.1) is 0 Å². The van der Waals surface area contributed by atoms with E-state index in [1.807, 2.05) is 42.5 Å². The molecule has 0 aliphatic rings. The molecule has 0 atom stereocenters. The molecule has 0 N–H and O–H groups in total. The number of benzene rings is 2. The van der Waals surface area contributed by atoms with Crippen molar-refractivity contribution in [1.29, 1.82) is 0 Å². The van der Waals surface area contributed by atoms with Gasteiger partial charge in [0.15, 0.2) is 0 Å². The summed E-state index contributed by atoms with van der Waals surface area (Å²) in [5.41, 5.74) is 0.0831. The van der Waals surface area contributed by atoms with E-state index in [9.17, 15) is 4.79 Å². The third-order valence-corrected chi connectivity index (χ3v) is 3.37. The van der Waals surface area contributed by atoms with Crippen molar-refractivity contribution in [1.82, 2.24) is 0 Å². The number of fused-ring (bicyclic) bond motifs is 1. The largest absolute Gasteiger partial charge is 0.450 e. The van der Waals surface area contributed by atoms with Crippen LogP contribution in [0.25, 0.3) is 11.0 Å². The molecule has 0 spiro atoms. The van der Waals surface area contributed by atoms with Gasteiger partial charge in [-0.2, -0.15) is 0 Å². The fraction of sp³-hybridized carbons (Fsp3) is 0. The predicted molar refractivity (Wildman–Crippen MR) is 81.7 cm³/mol. The Hall–Kier alpha value is -1.82. The highest BCUT2D eigenvalue weighted by Gasteiger charge is 2.07. The Morgan fingerprint density at radius 3 is 2.53 bits per heavy atom. The normalized spacial score (nSPS) is 10.6. The summed E-state index contributed by atoms with van der Waals surface area (Å²) >= 11 is 2.21. The first-order chi connectivity index (χ1) is 9.22. The zero-order valence-corrected chi connectivity index (χ0v) is 12.0. The fourth-order valence-electron chi connectivity index (χ4n) is 1.74. The second kappa shape index (κ2) is 5.05. The SMILES string of the molecule is O=c1oc2ccccc2cc1Oc1ccc(I)cc1. The molecule has 1 aromatic heterocycles. The van der Waals surface area contributed by atoms with Crippen LogP contribution in [-0.4, -0.2) is 0 Å². The van der Waals surface area contributed by atoms with Gasteiger partial charge in [0.25, 0.3) is 0 Å². The van der Waals surface area contributed by atoms with Gasteiger partial charge in [0, 0.05) is 8.96 Å². The Morgan fingerprint density at radius 2 is 1.74 bits per heavy atom. The van der Waals surface area contributed by atoms with E-state index in [0.717, 1.165) is 8.96 Å². The summed E-state index contributed by atoms with van der Waals surface area (Å²) in [5.74, 6) is 0.808. The Bertz CT molecular complexity index is 775. The molecule has 3 rings (SSSR count). The van der Waals surface area contributed by atoms with E-state index >= 15 is 0 Å². The van der Waals surface area contributed by atoms with Gasteiger partial charge in [-0.25, -0.2) is 4.79 Å². The quantitative estimate of drug-likeness (QED) is 0.506. The van der Waals surface area contributed by atoms with E-state index < -0.39 is 5.63 Å². The van der Waals surface area contributed by atoms with Crippen molar-refractivity contribution in [3.63, 3.8) is 0 Å². The number of hydrogen-bond donors (Lipinski definition) is 0. The minimum Gasteiger partial charge on any atom is -0.450 e. The molecule has 0 radical (unpaired) electrons. The fourth-order valence-corrected chi connectivity index (χ4v) is 2.10. The number of ether oxygens (including phenoxy) is 1. The van der Waals surface area contributed by atoms with E-state index in [-0.39, 0.29) is 5.75 Å². The van der Waals surface area contributed by atoms with Crippen LogP contribution in [0.15, 0.2) is 63.8 Å². The molecule has 0 saturated carbocycles. The topological polar surface area (TPSA) is 39.4 Å². The molecule has 0 fully saturated rings.